The van der Waals surface area contributed by atoms with E-state index in [0.29, 0.717) is 17.1 Å². The Morgan fingerprint density at radius 1 is 1.27 bits per heavy atom. The number of esters is 1. The molecule has 2 aromatic rings. The number of amides is 3. The number of methoxy groups -OCH3 is 1. The Balaban J connectivity index is 1.51. The summed E-state index contributed by atoms with van der Waals surface area (Å²) in [5, 5.41) is 8.34. The molecule has 2 atom stereocenters. The molecule has 2 N–H and O–H groups in total. The number of ether oxygens (including phenoxy) is 2. The molecule has 4 rings (SSSR count). The number of allylic oxidation sites excluding steroid dienone is 2. The van der Waals surface area contributed by atoms with E-state index in [1.165, 1.54) is 23.6 Å². The van der Waals surface area contributed by atoms with Crippen molar-refractivity contribution < 1.29 is 37.9 Å². The summed E-state index contributed by atoms with van der Waals surface area (Å²) in [4.78, 5) is 61.8. The third-order valence-corrected chi connectivity index (χ3v) is 8.19. The van der Waals surface area contributed by atoms with Gasteiger partial charge in [-0.25, -0.2) is 4.79 Å². The average Bonchev–Trinajstić information content (AvgIpc) is 3.48. The van der Waals surface area contributed by atoms with E-state index in [1.807, 2.05) is 0 Å². The predicted octanol–water partition coefficient (Wildman–Crippen LogP) is 2.78. The van der Waals surface area contributed by atoms with Crippen molar-refractivity contribution in [3.05, 3.63) is 59.1 Å². The van der Waals surface area contributed by atoms with Gasteiger partial charge in [0.1, 0.15) is 36.1 Å². The van der Waals surface area contributed by atoms with Gasteiger partial charge in [0.2, 0.25) is 22.6 Å². The van der Waals surface area contributed by atoms with Crippen LogP contribution in [0.25, 0.3) is 0 Å². The molecule has 44 heavy (non-hydrogen) atoms. The molecule has 1 saturated heterocycles. The second-order valence-electron chi connectivity index (χ2n) is 9.14. The number of nitrogens with one attached hydrogen (secondary N) is 2. The van der Waals surface area contributed by atoms with Gasteiger partial charge in [-0.2, -0.15) is 9.36 Å². The highest BCUT2D eigenvalue weighted by Crippen LogP contribution is 2.41. The maximum atomic E-state index is 13.4. The van der Waals surface area contributed by atoms with Gasteiger partial charge >= 0.3 is 5.97 Å². The molecule has 1 aromatic carbocycles. The molecule has 234 valence electrons. The average molecular weight is 667 g/mol. The highest BCUT2D eigenvalue weighted by Gasteiger charge is 2.54. The molecule has 13 nitrogen and oxygen atoms in total. The van der Waals surface area contributed by atoms with Crippen LogP contribution in [0.5, 0.6) is 5.75 Å². The smallest absolute Gasteiger partial charge is 0.355 e. The molecule has 0 spiro atoms. The lowest BCUT2D eigenvalue weighted by Crippen LogP contribution is -2.71. The standard InChI is InChI=1S/C27H28ClFN6O7S2/c1-15(36)30-27-32-22(34-44-27)19(33-42-12-4-11-29)23(37)31-20-24(38)35-21(17(5-3-10-28)14-43-25(20)35)26(39)41-13-16-6-8-18(40-2)9-7-16/h3,5-9,20,25H,4,10-14H2,1-2H3,(H,31,37)(H,30,32,34,36)/b5-3-,33-19?/t20-,25+/m1/s1. The summed E-state index contributed by atoms with van der Waals surface area (Å²) >= 11 is 7.97. The Labute approximate surface area is 265 Å². The minimum absolute atomic E-state index is 0.0395. The first-order valence-electron chi connectivity index (χ1n) is 13.2. The summed E-state index contributed by atoms with van der Waals surface area (Å²) in [6, 6.07) is 5.96. The van der Waals surface area contributed by atoms with E-state index in [4.69, 9.17) is 25.9 Å². The quantitative estimate of drug-likeness (QED) is 0.0766. The maximum Gasteiger partial charge on any atom is 0.355 e. The molecule has 0 bridgehead atoms. The molecular formula is C27H28ClFN6O7S2. The third-order valence-electron chi connectivity index (χ3n) is 6.08. The lowest BCUT2D eigenvalue weighted by atomic mass is 10.0. The van der Waals surface area contributed by atoms with Crippen molar-refractivity contribution in [3.8, 4) is 5.75 Å². The number of hydrogen-bond acceptors (Lipinski definition) is 12. The van der Waals surface area contributed by atoms with Crippen LogP contribution < -0.4 is 15.4 Å². The number of halogens is 2. The zero-order chi connectivity index (χ0) is 31.6. The molecule has 3 amide bonds. The van der Waals surface area contributed by atoms with Crippen LogP contribution in [-0.2, 0) is 35.4 Å². The van der Waals surface area contributed by atoms with E-state index in [-0.39, 0.29) is 47.9 Å². The third kappa shape index (κ3) is 7.92. The number of fused-ring (bicyclic) bond motifs is 1. The SMILES string of the molecule is COc1ccc(COC(=O)C2=C(/C=C\CCl)CS[C@H]3[C@H](NC(=O)C(=NOCCCF)c4nsc(NC(C)=O)n4)C(=O)N23)cc1. The molecule has 2 aliphatic rings. The van der Waals surface area contributed by atoms with Gasteiger partial charge in [0.15, 0.2) is 0 Å². The highest BCUT2D eigenvalue weighted by atomic mass is 35.5. The second kappa shape index (κ2) is 15.6. The number of benzene rings is 1. The summed E-state index contributed by atoms with van der Waals surface area (Å²) in [5.74, 6) is -1.46. The monoisotopic (exact) mass is 666 g/mol. The van der Waals surface area contributed by atoms with Crippen LogP contribution in [0.15, 0.2) is 52.8 Å². The molecule has 0 radical (unpaired) electrons. The Kier molecular flexibility index (Phi) is 11.7. The number of alkyl halides is 2. The molecular weight excluding hydrogens is 639 g/mol. The van der Waals surface area contributed by atoms with E-state index < -0.39 is 41.8 Å². The number of rotatable bonds is 14. The van der Waals surface area contributed by atoms with Crippen LogP contribution in [0.2, 0.25) is 0 Å². The van der Waals surface area contributed by atoms with Crippen LogP contribution in [0.3, 0.4) is 0 Å². The molecule has 17 heteroatoms. The van der Waals surface area contributed by atoms with Crippen LogP contribution in [0.1, 0.15) is 24.7 Å². The number of thioether (sulfide) groups is 1. The van der Waals surface area contributed by atoms with Gasteiger partial charge in [-0.15, -0.1) is 23.4 Å². The van der Waals surface area contributed by atoms with Crippen LogP contribution in [-0.4, -0.2) is 87.1 Å². The molecule has 0 saturated carbocycles. The Hall–Kier alpha value is -4.02. The zero-order valence-corrected chi connectivity index (χ0v) is 26.0. The number of oxime groups is 1. The first-order chi connectivity index (χ1) is 21.3. The molecule has 0 aliphatic carbocycles. The number of hydrogen-bond donors (Lipinski definition) is 2. The van der Waals surface area contributed by atoms with Gasteiger partial charge in [-0.3, -0.25) is 23.7 Å². The van der Waals surface area contributed by atoms with Crippen molar-refractivity contribution >= 4 is 69.4 Å². The summed E-state index contributed by atoms with van der Waals surface area (Å²) < 4.78 is 27.3. The molecule has 1 fully saturated rings. The fourth-order valence-electron chi connectivity index (χ4n) is 4.03. The van der Waals surface area contributed by atoms with Crippen LogP contribution in [0, 0.1) is 0 Å². The van der Waals surface area contributed by atoms with Gasteiger partial charge in [-0.05, 0) is 23.3 Å². The summed E-state index contributed by atoms with van der Waals surface area (Å²) in [6.07, 6.45) is 3.36. The number of nitrogens with zero attached hydrogens (tertiary/aromatic N) is 4. The molecule has 3 heterocycles. The predicted molar refractivity (Wildman–Crippen MR) is 162 cm³/mol. The zero-order valence-electron chi connectivity index (χ0n) is 23.6. The van der Waals surface area contributed by atoms with E-state index in [1.54, 1.807) is 43.5 Å². The van der Waals surface area contributed by atoms with Crippen molar-refractivity contribution in [2.75, 3.05) is 37.3 Å². The summed E-state index contributed by atoms with van der Waals surface area (Å²) in [7, 11) is 1.55. The lowest BCUT2D eigenvalue weighted by Gasteiger charge is -2.49. The Morgan fingerprint density at radius 3 is 2.73 bits per heavy atom. The van der Waals surface area contributed by atoms with Crippen molar-refractivity contribution in [1.82, 2.24) is 19.6 Å². The van der Waals surface area contributed by atoms with Crippen molar-refractivity contribution in [2.24, 2.45) is 5.16 Å². The molecule has 2 aliphatic heterocycles. The number of carbonyl (C=O) groups is 4. The van der Waals surface area contributed by atoms with Crippen LogP contribution >= 0.6 is 34.9 Å². The molecule has 1 aromatic heterocycles. The van der Waals surface area contributed by atoms with Gasteiger partial charge in [0.05, 0.1) is 13.8 Å². The fraction of sp³-hybridized carbons (Fsp3) is 0.370. The van der Waals surface area contributed by atoms with Gasteiger partial charge < -0.3 is 24.9 Å². The first-order valence-corrected chi connectivity index (χ1v) is 15.5. The normalized spacial score (nSPS) is 18.0. The fourth-order valence-corrected chi connectivity index (χ4v) is 6.05. The number of aromatic nitrogens is 2. The molecule has 0 unspecified atom stereocenters. The minimum atomic E-state index is -1.03. The van der Waals surface area contributed by atoms with Gasteiger partial charge in [0, 0.05) is 36.5 Å². The second-order valence-corrected chi connectivity index (χ2v) is 11.3. The number of carbonyl (C=O) groups excluding carboxylic acids is 4. The van der Waals surface area contributed by atoms with Crippen LogP contribution in [0.4, 0.5) is 9.52 Å². The van der Waals surface area contributed by atoms with E-state index in [9.17, 15) is 23.6 Å². The largest absolute Gasteiger partial charge is 0.497 e. The summed E-state index contributed by atoms with van der Waals surface area (Å²) in [6.45, 7) is 0.482. The van der Waals surface area contributed by atoms with Crippen molar-refractivity contribution in [2.45, 2.75) is 31.4 Å². The minimum Gasteiger partial charge on any atom is -0.497 e. The Bertz CT molecular complexity index is 1480. The first kappa shape index (κ1) is 32.9. The summed E-state index contributed by atoms with van der Waals surface area (Å²) in [5.41, 5.74) is 0.954. The van der Waals surface area contributed by atoms with Crippen molar-refractivity contribution in [3.63, 3.8) is 0 Å². The highest BCUT2D eigenvalue weighted by molar-refractivity contribution is 8.00. The maximum absolute atomic E-state index is 13.4. The van der Waals surface area contributed by atoms with E-state index in [2.05, 4.69) is 25.1 Å². The number of anilines is 1. The van der Waals surface area contributed by atoms with Crippen molar-refractivity contribution in [1.29, 1.82) is 0 Å². The lowest BCUT2D eigenvalue weighted by molar-refractivity contribution is -0.153. The van der Waals surface area contributed by atoms with Gasteiger partial charge in [-0.1, -0.05) is 29.4 Å². The van der Waals surface area contributed by atoms with Gasteiger partial charge in [0.25, 0.3) is 11.8 Å². The van der Waals surface area contributed by atoms with E-state index in [0.717, 1.165) is 17.1 Å². The Morgan fingerprint density at radius 2 is 2.05 bits per heavy atom. The van der Waals surface area contributed by atoms with E-state index >= 15 is 0 Å². The topological polar surface area (TPSA) is 161 Å². The number of β-lactam (4-membered cyclic amide) rings is 1.